The second-order valence-corrected chi connectivity index (χ2v) is 6.62. The summed E-state index contributed by atoms with van der Waals surface area (Å²) >= 11 is 0. The maximum absolute atomic E-state index is 12.9. The third-order valence-corrected chi connectivity index (χ3v) is 4.69. The number of rotatable bonds is 4. The summed E-state index contributed by atoms with van der Waals surface area (Å²) in [5, 5.41) is 4.31. The van der Waals surface area contributed by atoms with E-state index in [0.29, 0.717) is 22.3 Å². The van der Waals surface area contributed by atoms with Crippen molar-refractivity contribution in [2.75, 3.05) is 0 Å². The van der Waals surface area contributed by atoms with Crippen molar-refractivity contribution in [3.63, 3.8) is 0 Å². The van der Waals surface area contributed by atoms with Gasteiger partial charge in [0, 0.05) is 23.2 Å². The first kappa shape index (κ1) is 15.6. The molecule has 4 rings (SSSR count). The minimum absolute atomic E-state index is 0.0990. The number of pyridine rings is 2. The molecule has 1 aliphatic rings. The highest BCUT2D eigenvalue weighted by atomic mass is 16.2. The third-order valence-electron chi connectivity index (χ3n) is 4.69. The average Bonchev–Trinajstić information content (AvgIpc) is 3.45. The van der Waals surface area contributed by atoms with Crippen molar-refractivity contribution in [3.8, 4) is 0 Å². The molecule has 0 aliphatic heterocycles. The van der Waals surface area contributed by atoms with Crippen molar-refractivity contribution in [3.05, 3.63) is 76.0 Å². The molecule has 5 heteroatoms. The van der Waals surface area contributed by atoms with Crippen molar-refractivity contribution in [1.82, 2.24) is 15.3 Å². The van der Waals surface area contributed by atoms with Crippen LogP contribution in [0, 0.1) is 12.8 Å². The molecule has 1 amide bonds. The Balaban J connectivity index is 1.69. The Kier molecular flexibility index (Phi) is 3.84. The Hall–Kier alpha value is -2.95. The Labute approximate surface area is 145 Å². The van der Waals surface area contributed by atoms with E-state index in [0.717, 1.165) is 24.1 Å². The minimum Gasteiger partial charge on any atom is -0.343 e. The molecule has 0 spiro atoms. The summed E-state index contributed by atoms with van der Waals surface area (Å²) in [5.74, 6) is 0.236. The quantitative estimate of drug-likeness (QED) is 0.770. The van der Waals surface area contributed by atoms with Crippen LogP contribution in [-0.4, -0.2) is 15.9 Å². The van der Waals surface area contributed by atoms with E-state index in [2.05, 4.69) is 15.3 Å². The monoisotopic (exact) mass is 333 g/mol. The van der Waals surface area contributed by atoms with Crippen molar-refractivity contribution >= 4 is 16.7 Å². The number of fused-ring (bicyclic) bond motifs is 1. The highest BCUT2D eigenvalue weighted by Gasteiger charge is 2.34. The molecule has 0 saturated heterocycles. The number of H-pyrrole nitrogens is 1. The van der Waals surface area contributed by atoms with E-state index in [1.807, 2.05) is 25.1 Å². The van der Waals surface area contributed by atoms with Gasteiger partial charge in [0.05, 0.1) is 17.3 Å². The predicted molar refractivity (Wildman–Crippen MR) is 96.5 cm³/mol. The van der Waals surface area contributed by atoms with E-state index in [-0.39, 0.29) is 17.5 Å². The molecule has 2 aromatic heterocycles. The molecule has 1 saturated carbocycles. The zero-order chi connectivity index (χ0) is 17.4. The highest BCUT2D eigenvalue weighted by Crippen LogP contribution is 2.40. The molecule has 1 aliphatic carbocycles. The van der Waals surface area contributed by atoms with Crippen LogP contribution in [0.15, 0.2) is 53.6 Å². The fourth-order valence-electron chi connectivity index (χ4n) is 3.21. The zero-order valence-corrected chi connectivity index (χ0v) is 14.0. The molecule has 1 aromatic carbocycles. The van der Waals surface area contributed by atoms with E-state index in [4.69, 9.17) is 0 Å². The Bertz CT molecular complexity index is 1000. The van der Waals surface area contributed by atoms with Gasteiger partial charge in [-0.15, -0.1) is 0 Å². The lowest BCUT2D eigenvalue weighted by atomic mass is 10.0. The van der Waals surface area contributed by atoms with Gasteiger partial charge in [-0.2, -0.15) is 0 Å². The normalized spacial score (nSPS) is 15.1. The zero-order valence-electron chi connectivity index (χ0n) is 14.0. The molecule has 0 bridgehead atoms. The van der Waals surface area contributed by atoms with Gasteiger partial charge < -0.3 is 10.3 Å². The summed E-state index contributed by atoms with van der Waals surface area (Å²) in [7, 11) is 0. The molecule has 2 N–H and O–H groups in total. The van der Waals surface area contributed by atoms with Crippen LogP contribution in [0.2, 0.25) is 0 Å². The molecule has 0 unspecified atom stereocenters. The van der Waals surface area contributed by atoms with Gasteiger partial charge in [0.1, 0.15) is 0 Å². The number of hydrogen-bond donors (Lipinski definition) is 2. The van der Waals surface area contributed by atoms with Gasteiger partial charge in [0.2, 0.25) is 0 Å². The molecule has 2 heterocycles. The van der Waals surface area contributed by atoms with Gasteiger partial charge in [0.25, 0.3) is 11.5 Å². The largest absolute Gasteiger partial charge is 0.343 e. The van der Waals surface area contributed by atoms with Crippen molar-refractivity contribution in [2.45, 2.75) is 25.8 Å². The molecule has 25 heavy (non-hydrogen) atoms. The average molecular weight is 333 g/mol. The lowest BCUT2D eigenvalue weighted by molar-refractivity contribution is 0.0932. The van der Waals surface area contributed by atoms with E-state index in [1.165, 1.54) is 6.20 Å². The van der Waals surface area contributed by atoms with Crippen LogP contribution in [0.3, 0.4) is 0 Å². The lowest BCUT2D eigenvalue weighted by Gasteiger charge is -2.18. The smallest absolute Gasteiger partial charge is 0.255 e. The third kappa shape index (κ3) is 3.05. The topological polar surface area (TPSA) is 74.8 Å². The summed E-state index contributed by atoms with van der Waals surface area (Å²) in [6, 6.07) is 11.0. The first-order chi connectivity index (χ1) is 12.1. The van der Waals surface area contributed by atoms with Gasteiger partial charge in [-0.1, -0.05) is 18.2 Å². The van der Waals surface area contributed by atoms with Crippen molar-refractivity contribution in [1.29, 1.82) is 0 Å². The molecule has 0 radical (unpaired) electrons. The predicted octanol–water partition coefficient (Wildman–Crippen LogP) is 3.11. The molecule has 1 atom stereocenters. The lowest BCUT2D eigenvalue weighted by Crippen LogP contribution is -2.31. The van der Waals surface area contributed by atoms with Crippen molar-refractivity contribution in [2.24, 2.45) is 5.92 Å². The van der Waals surface area contributed by atoms with Crippen LogP contribution in [0.5, 0.6) is 0 Å². The summed E-state index contributed by atoms with van der Waals surface area (Å²) in [6.07, 6.45) is 5.45. The van der Waals surface area contributed by atoms with Crippen LogP contribution in [0.1, 0.15) is 40.5 Å². The number of aromatic amines is 1. The first-order valence-electron chi connectivity index (χ1n) is 8.47. The summed E-state index contributed by atoms with van der Waals surface area (Å²) < 4.78 is 0. The van der Waals surface area contributed by atoms with Crippen LogP contribution in [0.4, 0.5) is 0 Å². The molecule has 1 fully saturated rings. The second-order valence-electron chi connectivity index (χ2n) is 6.62. The summed E-state index contributed by atoms with van der Waals surface area (Å²) in [6.45, 7) is 2.02. The molecule has 5 nitrogen and oxygen atoms in total. The number of nitrogens with zero attached hydrogens (tertiary/aromatic N) is 1. The molecular weight excluding hydrogens is 314 g/mol. The van der Waals surface area contributed by atoms with Crippen LogP contribution >= 0.6 is 0 Å². The number of amides is 1. The van der Waals surface area contributed by atoms with Gasteiger partial charge in [-0.05, 0) is 49.4 Å². The van der Waals surface area contributed by atoms with E-state index in [1.54, 1.807) is 24.4 Å². The molecular formula is C20H19N3O2. The van der Waals surface area contributed by atoms with Gasteiger partial charge in [-0.25, -0.2) is 0 Å². The van der Waals surface area contributed by atoms with Crippen molar-refractivity contribution < 1.29 is 4.79 Å². The van der Waals surface area contributed by atoms with Crippen LogP contribution in [0.25, 0.3) is 10.8 Å². The standard InChI is InChI=1S/C20H19N3O2/c1-12-8-9-21-17(10-12)18(13-6-7-13)23-20(25)16-11-22-19(24)15-5-3-2-4-14(15)16/h2-5,8-11,13,18H,6-7H2,1H3,(H,22,24)(H,23,25)/t18-/m1/s1. The number of carbonyl (C=O) groups excluding carboxylic acids is 1. The second kappa shape index (κ2) is 6.16. The SMILES string of the molecule is Cc1ccnc([C@H](NC(=O)c2c[nH]c(=O)c3ccccc23)C2CC2)c1. The number of hydrogen-bond acceptors (Lipinski definition) is 3. The first-order valence-corrected chi connectivity index (χ1v) is 8.47. The summed E-state index contributed by atoms with van der Waals surface area (Å²) in [5.41, 5.74) is 2.31. The number of nitrogens with one attached hydrogen (secondary N) is 2. The Morgan fingerprint density at radius 3 is 2.72 bits per heavy atom. The van der Waals surface area contributed by atoms with Gasteiger partial charge in [0.15, 0.2) is 0 Å². The van der Waals surface area contributed by atoms with E-state index < -0.39 is 0 Å². The minimum atomic E-state index is -0.189. The summed E-state index contributed by atoms with van der Waals surface area (Å²) in [4.78, 5) is 32.0. The number of aromatic nitrogens is 2. The number of benzene rings is 1. The highest BCUT2D eigenvalue weighted by molar-refractivity contribution is 6.06. The van der Waals surface area contributed by atoms with Gasteiger partial charge >= 0.3 is 0 Å². The van der Waals surface area contributed by atoms with E-state index >= 15 is 0 Å². The van der Waals surface area contributed by atoms with Gasteiger partial charge in [-0.3, -0.25) is 14.6 Å². The van der Waals surface area contributed by atoms with E-state index in [9.17, 15) is 9.59 Å². The van der Waals surface area contributed by atoms with Crippen LogP contribution < -0.4 is 10.9 Å². The maximum atomic E-state index is 12.9. The molecule has 126 valence electrons. The Morgan fingerprint density at radius 1 is 1.24 bits per heavy atom. The maximum Gasteiger partial charge on any atom is 0.255 e. The number of carbonyl (C=O) groups is 1. The number of aryl methyl sites for hydroxylation is 1. The van der Waals surface area contributed by atoms with Crippen LogP contribution in [-0.2, 0) is 0 Å². The molecule has 3 aromatic rings. The fourth-order valence-corrected chi connectivity index (χ4v) is 3.21. The fraction of sp³-hybridized carbons (Fsp3) is 0.250. The Morgan fingerprint density at radius 2 is 2.00 bits per heavy atom.